The summed E-state index contributed by atoms with van der Waals surface area (Å²) in [5, 5.41) is 8.26. The minimum atomic E-state index is -1.02. The average molecular weight is 210 g/mol. The van der Waals surface area contributed by atoms with Crippen LogP contribution in [0.4, 0.5) is 0 Å². The molecule has 13 heavy (non-hydrogen) atoms. The summed E-state index contributed by atoms with van der Waals surface area (Å²) in [5.74, 6) is -1.69. The lowest BCUT2D eigenvalue weighted by molar-refractivity contribution is -0.239. The molecule has 0 saturated carbocycles. The summed E-state index contributed by atoms with van der Waals surface area (Å²) in [6.07, 6.45) is -0.159. The third-order valence-corrected chi connectivity index (χ3v) is 1.26. The third kappa shape index (κ3) is 6.34. The van der Waals surface area contributed by atoms with Crippen LogP contribution < -0.4 is 11.2 Å². The van der Waals surface area contributed by atoms with Crippen LogP contribution in [0.5, 0.6) is 0 Å². The van der Waals surface area contributed by atoms with Crippen LogP contribution in [0.25, 0.3) is 0 Å². The van der Waals surface area contributed by atoms with Gasteiger partial charge in [0.2, 0.25) is 0 Å². The van der Waals surface area contributed by atoms with Crippen LogP contribution >= 0.6 is 12.9 Å². The molecule has 0 rings (SSSR count). The van der Waals surface area contributed by atoms with Crippen molar-refractivity contribution < 1.29 is 24.0 Å². The van der Waals surface area contributed by atoms with E-state index in [1.54, 1.807) is 5.48 Å². The van der Waals surface area contributed by atoms with Gasteiger partial charge < -0.3 is 10.8 Å². The Morgan fingerprint density at radius 2 is 2.23 bits per heavy atom. The number of amides is 1. The van der Waals surface area contributed by atoms with Gasteiger partial charge in [0, 0.05) is 19.3 Å². The first-order valence-electron chi connectivity index (χ1n) is 3.32. The number of carboxylic acid groups (broad SMARTS) is 1. The van der Waals surface area contributed by atoms with Crippen molar-refractivity contribution in [3.63, 3.8) is 0 Å². The fourth-order valence-electron chi connectivity index (χ4n) is 0.545. The Labute approximate surface area is 79.7 Å². The number of hydrogen-bond acceptors (Lipinski definition) is 6. The first-order chi connectivity index (χ1) is 6.07. The van der Waals surface area contributed by atoms with Crippen molar-refractivity contribution >= 4 is 24.8 Å². The van der Waals surface area contributed by atoms with E-state index < -0.39 is 17.9 Å². The van der Waals surface area contributed by atoms with E-state index in [9.17, 15) is 9.59 Å². The smallest absolute Gasteiger partial charge is 0.303 e. The minimum absolute atomic E-state index is 0.0249. The van der Waals surface area contributed by atoms with Gasteiger partial charge in [-0.05, 0) is 6.42 Å². The van der Waals surface area contributed by atoms with Crippen molar-refractivity contribution in [2.24, 2.45) is 5.73 Å². The van der Waals surface area contributed by atoms with Gasteiger partial charge in [-0.3, -0.25) is 9.59 Å². The van der Waals surface area contributed by atoms with Gasteiger partial charge >= 0.3 is 5.97 Å². The van der Waals surface area contributed by atoms with Crippen LogP contribution in [0.15, 0.2) is 0 Å². The highest BCUT2D eigenvalue weighted by Crippen LogP contribution is 1.94. The molecule has 0 aromatic rings. The standard InChI is InChI=1S/C5H10N2O5S/c6-3(1-2-4(8)9)5(10)7-11-12-13/h3,13H,1-2,6H2,(H,7,10)(H,8,9). The summed E-state index contributed by atoms with van der Waals surface area (Å²) in [6, 6.07) is -0.945. The molecule has 0 saturated heterocycles. The van der Waals surface area contributed by atoms with Gasteiger partial charge in [-0.2, -0.15) is 0 Å². The van der Waals surface area contributed by atoms with Gasteiger partial charge in [0.25, 0.3) is 5.91 Å². The van der Waals surface area contributed by atoms with Crippen LogP contribution in [0.3, 0.4) is 0 Å². The first-order valence-corrected chi connectivity index (χ1v) is 3.68. The van der Waals surface area contributed by atoms with Crippen molar-refractivity contribution in [3.8, 4) is 0 Å². The molecule has 1 amide bonds. The Bertz CT molecular complexity index is 188. The Morgan fingerprint density at radius 3 is 2.69 bits per heavy atom. The molecule has 0 spiro atoms. The number of nitrogens with one attached hydrogen (secondary N) is 1. The summed E-state index contributed by atoms with van der Waals surface area (Å²) in [6.45, 7) is 0. The van der Waals surface area contributed by atoms with E-state index in [0.29, 0.717) is 0 Å². The number of hydrogen-bond donors (Lipinski definition) is 4. The summed E-state index contributed by atoms with van der Waals surface area (Å²) in [5.41, 5.74) is 7.07. The maximum Gasteiger partial charge on any atom is 0.303 e. The number of hydroxylamine groups is 1. The van der Waals surface area contributed by atoms with Crippen molar-refractivity contribution in [3.05, 3.63) is 0 Å². The zero-order valence-corrected chi connectivity index (χ0v) is 7.49. The lowest BCUT2D eigenvalue weighted by Crippen LogP contribution is -2.40. The second-order valence-electron chi connectivity index (χ2n) is 2.16. The molecule has 8 heteroatoms. The molecule has 4 N–H and O–H groups in total. The molecule has 7 nitrogen and oxygen atoms in total. The predicted molar refractivity (Wildman–Crippen MR) is 44.1 cm³/mol. The maximum atomic E-state index is 10.8. The maximum absolute atomic E-state index is 10.8. The van der Waals surface area contributed by atoms with E-state index in [4.69, 9.17) is 10.8 Å². The SMILES string of the molecule is NC(CCC(=O)O)C(=O)NOOS. The molecule has 0 fully saturated rings. The lowest BCUT2D eigenvalue weighted by atomic mass is 10.1. The second kappa shape index (κ2) is 6.66. The number of aliphatic carboxylic acids is 1. The van der Waals surface area contributed by atoms with Crippen molar-refractivity contribution in [1.82, 2.24) is 5.48 Å². The molecule has 0 aromatic carbocycles. The van der Waals surface area contributed by atoms with Gasteiger partial charge in [-0.1, -0.05) is 4.99 Å². The van der Waals surface area contributed by atoms with E-state index >= 15 is 0 Å². The zero-order chi connectivity index (χ0) is 10.3. The quantitative estimate of drug-likeness (QED) is 0.194. The fourth-order valence-corrected chi connectivity index (χ4v) is 0.583. The molecular formula is C5H10N2O5S. The van der Waals surface area contributed by atoms with Crippen LogP contribution in [0, 0.1) is 0 Å². The van der Waals surface area contributed by atoms with Gasteiger partial charge in [0.05, 0.1) is 6.04 Å². The van der Waals surface area contributed by atoms with E-state index in [-0.39, 0.29) is 12.8 Å². The number of carboxylic acids is 1. The van der Waals surface area contributed by atoms with Gasteiger partial charge in [0.15, 0.2) is 0 Å². The summed E-state index contributed by atoms with van der Waals surface area (Å²) in [7, 11) is 0. The Morgan fingerprint density at radius 1 is 1.62 bits per heavy atom. The second-order valence-corrected chi connectivity index (χ2v) is 2.31. The Kier molecular flexibility index (Phi) is 6.24. The third-order valence-electron chi connectivity index (χ3n) is 1.19. The fraction of sp³-hybridized carbons (Fsp3) is 0.600. The molecule has 0 radical (unpaired) electrons. The molecule has 0 aliphatic carbocycles. The summed E-state index contributed by atoms with van der Waals surface area (Å²) >= 11 is 3.18. The predicted octanol–water partition coefficient (Wildman–Crippen LogP) is -0.997. The molecule has 0 aliphatic rings. The molecule has 76 valence electrons. The molecule has 1 unspecified atom stereocenters. The monoisotopic (exact) mass is 210 g/mol. The summed E-state index contributed by atoms with van der Waals surface area (Å²) < 4.78 is 3.78. The molecule has 1 atom stereocenters. The highest BCUT2D eigenvalue weighted by atomic mass is 32.1. The van der Waals surface area contributed by atoms with Crippen molar-refractivity contribution in [1.29, 1.82) is 0 Å². The number of carbonyl (C=O) groups is 2. The number of thiol groups is 1. The molecular weight excluding hydrogens is 200 g/mol. The van der Waals surface area contributed by atoms with Gasteiger partial charge in [-0.25, -0.2) is 5.48 Å². The number of rotatable bonds is 6. The van der Waals surface area contributed by atoms with E-state index in [0.717, 1.165) is 0 Å². The topological polar surface area (TPSA) is 111 Å². The normalized spacial score (nSPS) is 12.2. The highest BCUT2D eigenvalue weighted by molar-refractivity contribution is 7.74. The Hall–Kier alpha value is -0.830. The zero-order valence-electron chi connectivity index (χ0n) is 6.60. The largest absolute Gasteiger partial charge is 0.481 e. The molecule has 0 aliphatic heterocycles. The van der Waals surface area contributed by atoms with E-state index in [2.05, 4.69) is 22.2 Å². The van der Waals surface area contributed by atoms with E-state index in [1.807, 2.05) is 0 Å². The van der Waals surface area contributed by atoms with Gasteiger partial charge in [0.1, 0.15) is 0 Å². The van der Waals surface area contributed by atoms with Crippen LogP contribution in [-0.4, -0.2) is 23.0 Å². The Balaban J connectivity index is 3.62. The molecule has 0 heterocycles. The van der Waals surface area contributed by atoms with Crippen molar-refractivity contribution in [2.45, 2.75) is 18.9 Å². The molecule has 0 bridgehead atoms. The molecule has 0 aromatic heterocycles. The highest BCUT2D eigenvalue weighted by Gasteiger charge is 2.14. The number of nitrogens with two attached hydrogens (primary N) is 1. The van der Waals surface area contributed by atoms with Crippen molar-refractivity contribution in [2.75, 3.05) is 0 Å². The first kappa shape index (κ1) is 12.2. The van der Waals surface area contributed by atoms with Crippen LogP contribution in [0.1, 0.15) is 12.8 Å². The van der Waals surface area contributed by atoms with E-state index in [1.165, 1.54) is 0 Å². The number of carbonyl (C=O) groups excluding carboxylic acids is 1. The summed E-state index contributed by atoms with van der Waals surface area (Å²) in [4.78, 5) is 24.9. The minimum Gasteiger partial charge on any atom is -0.481 e. The van der Waals surface area contributed by atoms with Gasteiger partial charge in [-0.15, -0.1) is 4.33 Å². The average Bonchev–Trinajstić information content (AvgIpc) is 2.10. The van der Waals surface area contributed by atoms with Crippen LogP contribution in [-0.2, 0) is 18.9 Å². The van der Waals surface area contributed by atoms with Crippen LogP contribution in [0.2, 0.25) is 0 Å². The lowest BCUT2D eigenvalue weighted by Gasteiger charge is -2.08.